The highest BCUT2D eigenvalue weighted by Crippen LogP contribution is 2.28. The molecule has 0 aromatic heterocycles. The lowest BCUT2D eigenvalue weighted by Crippen LogP contribution is -2.53. The number of anilines is 1. The fourth-order valence-electron chi connectivity index (χ4n) is 3.63. The molecular weight excluding hydrogens is 410 g/mol. The Hall–Kier alpha value is -1.65. The van der Waals surface area contributed by atoms with Crippen LogP contribution in [0.2, 0.25) is 0 Å². The lowest BCUT2D eigenvalue weighted by Gasteiger charge is -2.38. The zero-order valence-corrected chi connectivity index (χ0v) is 18.8. The Morgan fingerprint density at radius 3 is 2.48 bits per heavy atom. The quantitative estimate of drug-likeness (QED) is 0.516. The number of sulfonamides is 1. The Kier molecular flexibility index (Phi) is 7.91. The average Bonchev–Trinajstić information content (AvgIpc) is 2.77. The van der Waals surface area contributed by atoms with Crippen molar-refractivity contribution in [3.8, 4) is 5.75 Å². The van der Waals surface area contributed by atoms with Gasteiger partial charge in [-0.15, -0.1) is 0 Å². The van der Waals surface area contributed by atoms with Crippen LogP contribution in [-0.4, -0.2) is 101 Å². The third-order valence-corrected chi connectivity index (χ3v) is 8.04. The second kappa shape index (κ2) is 10.4. The molecule has 0 radical (unpaired) electrons. The Balaban J connectivity index is 1.49. The van der Waals surface area contributed by atoms with E-state index in [0.29, 0.717) is 19.6 Å². The minimum absolute atomic E-state index is 0.0951. The SMILES string of the molecule is CN=C(NCCS(=O)(=O)N1CCSCC1)N1CCN(c2ccccc2OC)CC1. The normalized spacial score (nSPS) is 19.3. The monoisotopic (exact) mass is 441 g/mol. The third kappa shape index (κ3) is 5.70. The van der Waals surface area contributed by atoms with Gasteiger partial charge in [-0.2, -0.15) is 11.8 Å². The summed E-state index contributed by atoms with van der Waals surface area (Å²) in [6.45, 7) is 4.93. The molecule has 1 aromatic rings. The van der Waals surface area contributed by atoms with Crippen LogP contribution in [0.3, 0.4) is 0 Å². The summed E-state index contributed by atoms with van der Waals surface area (Å²) in [5, 5.41) is 3.23. The van der Waals surface area contributed by atoms with E-state index < -0.39 is 10.0 Å². The maximum atomic E-state index is 12.5. The Bertz CT molecular complexity index is 789. The highest BCUT2D eigenvalue weighted by Gasteiger charge is 2.25. The van der Waals surface area contributed by atoms with Gasteiger partial charge in [0.25, 0.3) is 0 Å². The summed E-state index contributed by atoms with van der Waals surface area (Å²) < 4.78 is 32.1. The van der Waals surface area contributed by atoms with Gasteiger partial charge in [0, 0.05) is 64.4 Å². The van der Waals surface area contributed by atoms with Crippen LogP contribution in [0.1, 0.15) is 0 Å². The lowest BCUT2D eigenvalue weighted by molar-refractivity contribution is 0.367. The minimum Gasteiger partial charge on any atom is -0.495 e. The lowest BCUT2D eigenvalue weighted by atomic mass is 10.2. The van der Waals surface area contributed by atoms with Gasteiger partial charge >= 0.3 is 0 Å². The molecule has 10 heteroatoms. The van der Waals surface area contributed by atoms with Crippen LogP contribution in [0.15, 0.2) is 29.3 Å². The smallest absolute Gasteiger partial charge is 0.215 e. The van der Waals surface area contributed by atoms with Crippen molar-refractivity contribution in [2.24, 2.45) is 4.99 Å². The number of guanidine groups is 1. The number of nitrogens with one attached hydrogen (secondary N) is 1. The van der Waals surface area contributed by atoms with E-state index in [0.717, 1.165) is 55.1 Å². The number of methoxy groups -OCH3 is 1. The molecule has 2 aliphatic heterocycles. The summed E-state index contributed by atoms with van der Waals surface area (Å²) in [6.07, 6.45) is 0. The number of rotatable bonds is 6. The fourth-order valence-corrected chi connectivity index (χ4v) is 6.12. The van der Waals surface area contributed by atoms with E-state index in [1.807, 2.05) is 30.0 Å². The second-order valence-corrected chi connectivity index (χ2v) is 10.3. The Morgan fingerprint density at radius 1 is 1.14 bits per heavy atom. The molecule has 8 nitrogen and oxygen atoms in total. The van der Waals surface area contributed by atoms with Crippen molar-refractivity contribution in [1.29, 1.82) is 0 Å². The maximum absolute atomic E-state index is 12.5. The standard InChI is InChI=1S/C19H31N5O3S2/c1-20-19(21-7-16-29(25,26)24-12-14-28-15-13-24)23-10-8-22(9-11-23)17-5-3-4-6-18(17)27-2/h3-6H,7-16H2,1-2H3,(H,20,21). The summed E-state index contributed by atoms with van der Waals surface area (Å²) in [6, 6.07) is 8.04. The van der Waals surface area contributed by atoms with Crippen LogP contribution < -0.4 is 15.0 Å². The van der Waals surface area contributed by atoms with E-state index in [9.17, 15) is 8.42 Å². The Morgan fingerprint density at radius 2 is 1.83 bits per heavy atom. The molecule has 0 unspecified atom stereocenters. The predicted octanol–water partition coefficient (Wildman–Crippen LogP) is 0.771. The number of para-hydroxylation sites is 2. The zero-order chi connectivity index (χ0) is 20.7. The van der Waals surface area contributed by atoms with Gasteiger partial charge in [0.1, 0.15) is 5.75 Å². The number of aliphatic imine (C=N–C) groups is 1. The molecule has 1 N–H and O–H groups in total. The van der Waals surface area contributed by atoms with Crippen LogP contribution >= 0.6 is 11.8 Å². The summed E-state index contributed by atoms with van der Waals surface area (Å²) in [5.41, 5.74) is 1.10. The van der Waals surface area contributed by atoms with E-state index in [2.05, 4.69) is 26.2 Å². The largest absolute Gasteiger partial charge is 0.495 e. The maximum Gasteiger partial charge on any atom is 0.215 e. The first kappa shape index (κ1) is 22.0. The highest BCUT2D eigenvalue weighted by molar-refractivity contribution is 7.99. The molecule has 162 valence electrons. The highest BCUT2D eigenvalue weighted by atomic mass is 32.2. The van der Waals surface area contributed by atoms with Crippen LogP contribution in [0.25, 0.3) is 0 Å². The molecule has 0 amide bonds. The molecule has 2 aliphatic rings. The van der Waals surface area contributed by atoms with Gasteiger partial charge in [-0.1, -0.05) is 12.1 Å². The van der Waals surface area contributed by atoms with Crippen LogP contribution in [0, 0.1) is 0 Å². The molecule has 0 aliphatic carbocycles. The van der Waals surface area contributed by atoms with Crippen LogP contribution in [0.4, 0.5) is 5.69 Å². The van der Waals surface area contributed by atoms with Gasteiger partial charge in [-0.25, -0.2) is 12.7 Å². The van der Waals surface area contributed by atoms with Crippen molar-refractivity contribution < 1.29 is 13.2 Å². The van der Waals surface area contributed by atoms with Crippen LogP contribution in [-0.2, 0) is 10.0 Å². The van der Waals surface area contributed by atoms with Crippen molar-refractivity contribution in [2.75, 3.05) is 82.1 Å². The number of nitrogens with zero attached hydrogens (tertiary/aromatic N) is 4. The summed E-state index contributed by atoms with van der Waals surface area (Å²) in [5.74, 6) is 3.49. The summed E-state index contributed by atoms with van der Waals surface area (Å²) in [4.78, 5) is 8.84. The molecule has 0 spiro atoms. The Labute approximate surface area is 178 Å². The number of benzene rings is 1. The van der Waals surface area contributed by atoms with E-state index in [1.165, 1.54) is 0 Å². The topological polar surface area (TPSA) is 77.5 Å². The molecule has 2 fully saturated rings. The van der Waals surface area contributed by atoms with Crippen molar-refractivity contribution in [2.45, 2.75) is 0 Å². The van der Waals surface area contributed by atoms with Gasteiger partial charge in [0.15, 0.2) is 5.96 Å². The van der Waals surface area contributed by atoms with E-state index >= 15 is 0 Å². The first-order valence-electron chi connectivity index (χ1n) is 9.94. The van der Waals surface area contributed by atoms with Gasteiger partial charge in [0.2, 0.25) is 10.0 Å². The predicted molar refractivity (Wildman–Crippen MR) is 121 cm³/mol. The molecule has 2 heterocycles. The summed E-state index contributed by atoms with van der Waals surface area (Å²) in [7, 11) is 0.225. The van der Waals surface area contributed by atoms with Crippen molar-refractivity contribution in [3.05, 3.63) is 24.3 Å². The molecule has 3 rings (SSSR count). The zero-order valence-electron chi connectivity index (χ0n) is 17.2. The number of thioether (sulfide) groups is 1. The van der Waals surface area contributed by atoms with Crippen molar-refractivity contribution >= 4 is 33.4 Å². The molecule has 0 bridgehead atoms. The first-order valence-corrected chi connectivity index (χ1v) is 12.7. The number of piperazine rings is 1. The van der Waals surface area contributed by atoms with E-state index in [4.69, 9.17) is 4.74 Å². The van der Waals surface area contributed by atoms with Gasteiger partial charge in [-0.3, -0.25) is 4.99 Å². The van der Waals surface area contributed by atoms with Gasteiger partial charge < -0.3 is 19.9 Å². The van der Waals surface area contributed by atoms with Crippen LogP contribution in [0.5, 0.6) is 5.75 Å². The number of hydrogen-bond acceptors (Lipinski definition) is 6. The minimum atomic E-state index is -3.21. The second-order valence-electron chi connectivity index (χ2n) is 6.95. The fraction of sp³-hybridized carbons (Fsp3) is 0.632. The van der Waals surface area contributed by atoms with Gasteiger partial charge in [-0.05, 0) is 12.1 Å². The van der Waals surface area contributed by atoms with E-state index in [1.54, 1.807) is 18.5 Å². The first-order chi connectivity index (χ1) is 14.0. The third-order valence-electron chi connectivity index (χ3n) is 5.22. The number of ether oxygens (including phenoxy) is 1. The van der Waals surface area contributed by atoms with Crippen molar-refractivity contribution in [1.82, 2.24) is 14.5 Å². The summed E-state index contributed by atoms with van der Waals surface area (Å²) >= 11 is 1.81. The molecule has 0 saturated carbocycles. The molecule has 2 saturated heterocycles. The molecule has 1 aromatic carbocycles. The molecule has 0 atom stereocenters. The molecular formula is C19H31N5O3S2. The number of hydrogen-bond donors (Lipinski definition) is 1. The van der Waals surface area contributed by atoms with Gasteiger partial charge in [0.05, 0.1) is 18.6 Å². The van der Waals surface area contributed by atoms with Crippen molar-refractivity contribution in [3.63, 3.8) is 0 Å². The van der Waals surface area contributed by atoms with E-state index in [-0.39, 0.29) is 5.75 Å². The average molecular weight is 442 g/mol. The molecule has 29 heavy (non-hydrogen) atoms.